The lowest BCUT2D eigenvalue weighted by Crippen LogP contribution is -2.19. The average molecular weight is 570 g/mol. The Morgan fingerprint density at radius 3 is 2.38 bits per heavy atom. The van der Waals surface area contributed by atoms with Crippen LogP contribution in [0.15, 0.2) is 101 Å². The topological polar surface area (TPSA) is 90.3 Å². The summed E-state index contributed by atoms with van der Waals surface area (Å²) in [7, 11) is -2.73. The number of aromatic nitrogens is 2. The molecule has 0 saturated carbocycles. The number of alkyl halides is 3. The van der Waals surface area contributed by atoms with E-state index in [2.05, 4.69) is 9.71 Å². The number of methoxy groups -OCH3 is 1. The number of hydrogen-bond acceptors (Lipinski definition) is 5. The van der Waals surface area contributed by atoms with Gasteiger partial charge in [-0.2, -0.15) is 13.2 Å². The Balaban J connectivity index is 1.57. The fourth-order valence-corrected chi connectivity index (χ4v) is 5.23. The van der Waals surface area contributed by atoms with Crippen molar-refractivity contribution in [3.8, 4) is 22.6 Å². The van der Waals surface area contributed by atoms with E-state index in [0.29, 0.717) is 27.7 Å². The van der Waals surface area contributed by atoms with Crippen molar-refractivity contribution in [2.45, 2.75) is 11.1 Å². The van der Waals surface area contributed by atoms with E-state index in [0.717, 1.165) is 24.4 Å². The van der Waals surface area contributed by atoms with E-state index in [-0.39, 0.29) is 16.5 Å². The molecule has 12 heteroatoms. The lowest BCUT2D eigenvalue weighted by Gasteiger charge is -2.16. The van der Waals surface area contributed by atoms with Crippen LogP contribution in [0, 0.1) is 5.82 Å². The van der Waals surface area contributed by atoms with Crippen LogP contribution in [0.2, 0.25) is 0 Å². The van der Waals surface area contributed by atoms with Crippen LogP contribution in [0.1, 0.15) is 5.56 Å². The van der Waals surface area contributed by atoms with Gasteiger partial charge in [-0.25, -0.2) is 17.8 Å². The molecule has 0 radical (unpaired) electrons. The van der Waals surface area contributed by atoms with Crippen LogP contribution in [0.4, 0.5) is 23.4 Å². The number of rotatable bonds is 6. The minimum Gasteiger partial charge on any atom is -0.495 e. The Labute approximate surface area is 225 Å². The molecule has 1 N–H and O–H groups in total. The van der Waals surface area contributed by atoms with Gasteiger partial charge in [0.25, 0.3) is 15.6 Å². The Kier molecular flexibility index (Phi) is 6.80. The number of sulfonamides is 1. The largest absolute Gasteiger partial charge is 0.495 e. The number of ether oxygens (including phenoxy) is 1. The summed E-state index contributed by atoms with van der Waals surface area (Å²) in [6, 6.07) is 18.6. The molecule has 0 aliphatic carbocycles. The van der Waals surface area contributed by atoms with E-state index in [9.17, 15) is 30.8 Å². The zero-order chi connectivity index (χ0) is 28.7. The first-order chi connectivity index (χ1) is 19.0. The smallest absolute Gasteiger partial charge is 0.416 e. The molecule has 0 spiro atoms. The second-order valence-corrected chi connectivity index (χ2v) is 10.3. The summed E-state index contributed by atoms with van der Waals surface area (Å²) in [6.07, 6.45) is -3.63. The van der Waals surface area contributed by atoms with Crippen LogP contribution < -0.4 is 15.0 Å². The normalized spacial score (nSPS) is 11.9. The summed E-state index contributed by atoms with van der Waals surface area (Å²) in [6.45, 7) is 0. The van der Waals surface area contributed by atoms with Crippen molar-refractivity contribution in [1.29, 1.82) is 0 Å². The number of benzene rings is 3. The van der Waals surface area contributed by atoms with Gasteiger partial charge in [0, 0.05) is 11.5 Å². The number of anilines is 1. The molecule has 0 unspecified atom stereocenters. The van der Waals surface area contributed by atoms with Gasteiger partial charge in [0.15, 0.2) is 0 Å². The Hall–Kier alpha value is -4.71. The second-order valence-electron chi connectivity index (χ2n) is 8.66. The zero-order valence-electron chi connectivity index (χ0n) is 20.6. The maximum Gasteiger partial charge on any atom is 0.416 e. The third-order valence-electron chi connectivity index (χ3n) is 6.09. The van der Waals surface area contributed by atoms with Crippen LogP contribution in [0.5, 0.6) is 5.75 Å². The zero-order valence-corrected chi connectivity index (χ0v) is 21.4. The predicted molar refractivity (Wildman–Crippen MR) is 142 cm³/mol. The van der Waals surface area contributed by atoms with E-state index in [1.54, 1.807) is 12.1 Å². The minimum atomic E-state index is -4.51. The van der Waals surface area contributed by atoms with Gasteiger partial charge in [-0.05, 0) is 71.8 Å². The molecule has 0 bridgehead atoms. The van der Waals surface area contributed by atoms with Crippen LogP contribution in [0.3, 0.4) is 0 Å². The van der Waals surface area contributed by atoms with Crippen molar-refractivity contribution in [3.63, 3.8) is 0 Å². The predicted octanol–water partition coefficient (Wildman–Crippen LogP) is 6.02. The van der Waals surface area contributed by atoms with E-state index >= 15 is 0 Å². The van der Waals surface area contributed by atoms with Gasteiger partial charge in [0.05, 0.1) is 35.0 Å². The van der Waals surface area contributed by atoms with Crippen molar-refractivity contribution in [1.82, 2.24) is 9.55 Å². The van der Waals surface area contributed by atoms with Gasteiger partial charge in [0.2, 0.25) is 0 Å². The van der Waals surface area contributed by atoms with Gasteiger partial charge in [-0.15, -0.1) is 0 Å². The molecule has 0 aliphatic rings. The molecule has 2 aromatic heterocycles. The Morgan fingerprint density at radius 2 is 1.68 bits per heavy atom. The highest BCUT2D eigenvalue weighted by Gasteiger charge is 2.30. The first kappa shape index (κ1) is 26.9. The monoisotopic (exact) mass is 569 g/mol. The molecule has 0 aliphatic heterocycles. The lowest BCUT2D eigenvalue weighted by atomic mass is 10.0. The summed E-state index contributed by atoms with van der Waals surface area (Å²) in [5, 5.41) is 0.401. The number of nitrogens with one attached hydrogen (secondary N) is 1. The summed E-state index contributed by atoms with van der Waals surface area (Å²) >= 11 is 0. The molecule has 40 heavy (non-hydrogen) atoms. The molecule has 204 valence electrons. The molecule has 0 atom stereocenters. The van der Waals surface area contributed by atoms with Crippen molar-refractivity contribution in [2.24, 2.45) is 0 Å². The SMILES string of the molecule is COc1cc(-c2cccc(C(F)(F)F)c2)ccc1-n1c(=O)ccc2cc(S(=O)(=O)Nc3ccc(F)cn3)ccc21. The van der Waals surface area contributed by atoms with Crippen LogP contribution in [-0.4, -0.2) is 25.1 Å². The average Bonchev–Trinajstić information content (AvgIpc) is 2.93. The van der Waals surface area contributed by atoms with Gasteiger partial charge >= 0.3 is 6.18 Å². The Morgan fingerprint density at radius 1 is 0.900 bits per heavy atom. The van der Waals surface area contributed by atoms with Crippen molar-refractivity contribution >= 4 is 26.7 Å². The number of hydrogen-bond donors (Lipinski definition) is 1. The highest BCUT2D eigenvalue weighted by Crippen LogP contribution is 2.35. The first-order valence-corrected chi connectivity index (χ1v) is 13.1. The summed E-state index contributed by atoms with van der Waals surface area (Å²) in [4.78, 5) is 16.6. The lowest BCUT2D eigenvalue weighted by molar-refractivity contribution is -0.137. The van der Waals surface area contributed by atoms with E-state index in [1.165, 1.54) is 66.3 Å². The van der Waals surface area contributed by atoms with E-state index in [1.807, 2.05) is 0 Å². The third-order valence-corrected chi connectivity index (χ3v) is 7.44. The van der Waals surface area contributed by atoms with Gasteiger partial charge in [0.1, 0.15) is 17.4 Å². The maximum atomic E-state index is 13.2. The molecule has 2 heterocycles. The van der Waals surface area contributed by atoms with Gasteiger partial charge < -0.3 is 4.74 Å². The fraction of sp³-hybridized carbons (Fsp3) is 0.0714. The molecule has 5 rings (SSSR count). The molecule has 0 fully saturated rings. The van der Waals surface area contributed by atoms with Gasteiger partial charge in [-0.1, -0.05) is 18.2 Å². The van der Waals surface area contributed by atoms with Crippen LogP contribution in [-0.2, 0) is 16.2 Å². The first-order valence-electron chi connectivity index (χ1n) is 11.6. The number of halogens is 4. The highest BCUT2D eigenvalue weighted by molar-refractivity contribution is 7.92. The summed E-state index contributed by atoms with van der Waals surface area (Å²) in [5.41, 5.74) is 0.168. The molecule has 3 aromatic carbocycles. The standard InChI is InChI=1S/C28H19F4N3O4S/c1-39-25-15-18(17-3-2-4-20(13-17)28(30,31)32)5-9-24(25)35-23-10-8-22(14-19(23)6-12-27(35)36)40(37,38)34-26-11-7-21(29)16-33-26/h2-16H,1H3,(H,33,34). The summed E-state index contributed by atoms with van der Waals surface area (Å²) in [5.74, 6) is -0.479. The second kappa shape index (κ2) is 10.1. The highest BCUT2D eigenvalue weighted by atomic mass is 32.2. The third kappa shape index (κ3) is 5.25. The maximum absolute atomic E-state index is 13.2. The molecule has 7 nitrogen and oxygen atoms in total. The van der Waals surface area contributed by atoms with Crippen molar-refractivity contribution in [3.05, 3.63) is 113 Å². The Bertz CT molecular complexity index is 1900. The molecule has 0 saturated heterocycles. The molecular weight excluding hydrogens is 550 g/mol. The van der Waals surface area contributed by atoms with E-state index in [4.69, 9.17) is 4.74 Å². The minimum absolute atomic E-state index is 0.0722. The summed E-state index contributed by atoms with van der Waals surface area (Å²) < 4.78 is 87.7. The number of pyridine rings is 2. The fourth-order valence-electron chi connectivity index (χ4n) is 4.19. The van der Waals surface area contributed by atoms with Gasteiger partial charge in [-0.3, -0.25) is 14.1 Å². The van der Waals surface area contributed by atoms with Crippen molar-refractivity contribution < 1.29 is 30.7 Å². The van der Waals surface area contributed by atoms with Crippen molar-refractivity contribution in [2.75, 3.05) is 11.8 Å². The van der Waals surface area contributed by atoms with Crippen LogP contribution >= 0.6 is 0 Å². The quantitative estimate of drug-likeness (QED) is 0.253. The molecule has 5 aromatic rings. The number of nitrogens with zero attached hydrogens (tertiary/aromatic N) is 2. The van der Waals surface area contributed by atoms with Crippen LogP contribution in [0.25, 0.3) is 27.7 Å². The number of fused-ring (bicyclic) bond motifs is 1. The van der Waals surface area contributed by atoms with E-state index < -0.39 is 33.1 Å². The molecular formula is C28H19F4N3O4S. The molecule has 0 amide bonds.